The molecule has 2 heterocycles. The van der Waals surface area contributed by atoms with E-state index in [0.29, 0.717) is 18.0 Å². The van der Waals surface area contributed by atoms with Gasteiger partial charge in [0.1, 0.15) is 5.76 Å². The third-order valence-corrected chi connectivity index (χ3v) is 4.22. The van der Waals surface area contributed by atoms with Crippen molar-refractivity contribution in [1.29, 1.82) is 0 Å². The van der Waals surface area contributed by atoms with E-state index in [1.807, 2.05) is 30.9 Å². The molecule has 0 radical (unpaired) electrons. The minimum absolute atomic E-state index is 0.113. The van der Waals surface area contributed by atoms with Crippen LogP contribution in [-0.2, 0) is 11.2 Å². The predicted octanol–water partition coefficient (Wildman–Crippen LogP) is 2.84. The average Bonchev–Trinajstić information content (AvgIpc) is 2.98. The first-order chi connectivity index (χ1) is 10.1. The molecule has 4 nitrogen and oxygen atoms in total. The van der Waals surface area contributed by atoms with Gasteiger partial charge in [0.05, 0.1) is 6.26 Å². The van der Waals surface area contributed by atoms with E-state index >= 15 is 0 Å². The van der Waals surface area contributed by atoms with Crippen molar-refractivity contribution >= 4 is 5.91 Å². The topological polar surface area (TPSA) is 45.5 Å². The fourth-order valence-electron chi connectivity index (χ4n) is 2.93. The fraction of sp³-hybridized carbons (Fsp3) is 0.706. The molecule has 1 atom stereocenters. The lowest BCUT2D eigenvalue weighted by molar-refractivity contribution is -0.135. The highest BCUT2D eigenvalue weighted by molar-refractivity contribution is 5.78. The number of nitrogens with one attached hydrogen (secondary N) is 1. The van der Waals surface area contributed by atoms with Crippen LogP contribution in [0.3, 0.4) is 0 Å². The second-order valence-corrected chi connectivity index (χ2v) is 6.44. The van der Waals surface area contributed by atoms with Crippen LogP contribution in [0.25, 0.3) is 0 Å². The summed E-state index contributed by atoms with van der Waals surface area (Å²) in [5.74, 6) is 1.46. The molecule has 21 heavy (non-hydrogen) atoms. The van der Waals surface area contributed by atoms with Crippen LogP contribution in [0.5, 0.6) is 0 Å². The standard InChI is InChI=1S/C17H28N2O2/c1-13(2)17(20)19-10-8-15(9-11-19)18-14(3)6-7-16-5-4-12-21-16/h4-5,12-15,18H,6-11H2,1-3H3. The molecule has 0 aliphatic carbocycles. The molecule has 0 saturated carbocycles. The Balaban J connectivity index is 1.67. The monoisotopic (exact) mass is 292 g/mol. The van der Waals surface area contributed by atoms with Crippen LogP contribution >= 0.6 is 0 Å². The lowest BCUT2D eigenvalue weighted by atomic mass is 10.0. The van der Waals surface area contributed by atoms with Crippen LogP contribution in [0.4, 0.5) is 0 Å². The van der Waals surface area contributed by atoms with Crippen molar-refractivity contribution in [2.75, 3.05) is 13.1 Å². The van der Waals surface area contributed by atoms with Gasteiger partial charge < -0.3 is 14.6 Å². The van der Waals surface area contributed by atoms with Gasteiger partial charge in [-0.1, -0.05) is 13.8 Å². The Morgan fingerprint density at radius 3 is 2.67 bits per heavy atom. The first-order valence-corrected chi connectivity index (χ1v) is 8.13. The second-order valence-electron chi connectivity index (χ2n) is 6.44. The normalized spacial score (nSPS) is 18.2. The number of rotatable bonds is 6. The van der Waals surface area contributed by atoms with E-state index in [9.17, 15) is 4.79 Å². The Bertz CT molecular complexity index is 420. The zero-order chi connectivity index (χ0) is 15.2. The molecule has 118 valence electrons. The maximum atomic E-state index is 12.0. The van der Waals surface area contributed by atoms with Crippen LogP contribution in [-0.4, -0.2) is 36.0 Å². The summed E-state index contributed by atoms with van der Waals surface area (Å²) in [7, 11) is 0. The molecule has 1 saturated heterocycles. The van der Waals surface area contributed by atoms with E-state index < -0.39 is 0 Å². The van der Waals surface area contributed by atoms with Gasteiger partial charge in [0, 0.05) is 37.5 Å². The maximum Gasteiger partial charge on any atom is 0.225 e. The molecular formula is C17H28N2O2. The van der Waals surface area contributed by atoms with Gasteiger partial charge in [-0.3, -0.25) is 4.79 Å². The molecule has 1 amide bonds. The zero-order valence-electron chi connectivity index (χ0n) is 13.5. The maximum absolute atomic E-state index is 12.0. The molecule has 1 unspecified atom stereocenters. The third-order valence-electron chi connectivity index (χ3n) is 4.22. The first-order valence-electron chi connectivity index (χ1n) is 8.13. The van der Waals surface area contributed by atoms with Gasteiger partial charge in [0.2, 0.25) is 5.91 Å². The average molecular weight is 292 g/mol. The Labute approximate surface area is 127 Å². The number of hydrogen-bond donors (Lipinski definition) is 1. The van der Waals surface area contributed by atoms with Gasteiger partial charge in [0.25, 0.3) is 0 Å². The van der Waals surface area contributed by atoms with Gasteiger partial charge >= 0.3 is 0 Å². The van der Waals surface area contributed by atoms with Crippen molar-refractivity contribution < 1.29 is 9.21 Å². The smallest absolute Gasteiger partial charge is 0.225 e. The molecule has 0 aromatic carbocycles. The van der Waals surface area contributed by atoms with E-state index in [4.69, 9.17) is 4.42 Å². The Morgan fingerprint density at radius 1 is 1.38 bits per heavy atom. The van der Waals surface area contributed by atoms with E-state index in [1.54, 1.807) is 6.26 Å². The van der Waals surface area contributed by atoms with Crippen molar-refractivity contribution in [3.63, 3.8) is 0 Å². The van der Waals surface area contributed by atoms with Gasteiger partial charge in [0.15, 0.2) is 0 Å². The van der Waals surface area contributed by atoms with Crippen molar-refractivity contribution in [3.8, 4) is 0 Å². The fourth-order valence-corrected chi connectivity index (χ4v) is 2.93. The molecule has 1 fully saturated rings. The Hall–Kier alpha value is -1.29. The summed E-state index contributed by atoms with van der Waals surface area (Å²) in [6.45, 7) is 7.96. The number of aryl methyl sites for hydroxylation is 1. The predicted molar refractivity (Wildman–Crippen MR) is 84.1 cm³/mol. The van der Waals surface area contributed by atoms with E-state index in [0.717, 1.165) is 44.5 Å². The van der Waals surface area contributed by atoms with Gasteiger partial charge in [-0.25, -0.2) is 0 Å². The van der Waals surface area contributed by atoms with Crippen LogP contribution in [0.1, 0.15) is 45.8 Å². The highest BCUT2D eigenvalue weighted by Gasteiger charge is 2.24. The third kappa shape index (κ3) is 4.88. The Kier molecular flexibility index (Phi) is 5.85. The lowest BCUT2D eigenvalue weighted by Crippen LogP contribution is -2.48. The van der Waals surface area contributed by atoms with Crippen molar-refractivity contribution in [2.45, 2.75) is 58.5 Å². The molecule has 1 aliphatic heterocycles. The first kappa shape index (κ1) is 16.1. The molecule has 0 bridgehead atoms. The van der Waals surface area contributed by atoms with E-state index in [2.05, 4.69) is 12.2 Å². The number of furan rings is 1. The molecule has 1 aromatic rings. The summed E-state index contributed by atoms with van der Waals surface area (Å²) in [6.07, 6.45) is 5.91. The summed E-state index contributed by atoms with van der Waals surface area (Å²) < 4.78 is 5.36. The highest BCUT2D eigenvalue weighted by Crippen LogP contribution is 2.15. The molecule has 2 rings (SSSR count). The number of nitrogens with zero attached hydrogens (tertiary/aromatic N) is 1. The minimum Gasteiger partial charge on any atom is -0.469 e. The van der Waals surface area contributed by atoms with E-state index in [1.165, 1.54) is 0 Å². The van der Waals surface area contributed by atoms with E-state index in [-0.39, 0.29) is 5.92 Å². The number of likely N-dealkylation sites (tertiary alicyclic amines) is 1. The molecule has 1 aromatic heterocycles. The lowest BCUT2D eigenvalue weighted by Gasteiger charge is -2.34. The van der Waals surface area contributed by atoms with Crippen molar-refractivity contribution in [2.24, 2.45) is 5.92 Å². The SMILES string of the molecule is CC(CCc1ccco1)NC1CCN(C(=O)C(C)C)CC1. The van der Waals surface area contributed by atoms with Crippen LogP contribution in [0.15, 0.2) is 22.8 Å². The summed E-state index contributed by atoms with van der Waals surface area (Å²) in [5, 5.41) is 3.69. The van der Waals surface area contributed by atoms with Gasteiger partial charge in [-0.05, 0) is 38.3 Å². The number of hydrogen-bond acceptors (Lipinski definition) is 3. The second kappa shape index (κ2) is 7.64. The molecule has 1 N–H and O–H groups in total. The van der Waals surface area contributed by atoms with Crippen LogP contribution in [0.2, 0.25) is 0 Å². The number of carbonyl (C=O) groups is 1. The number of piperidine rings is 1. The summed E-state index contributed by atoms with van der Waals surface area (Å²) >= 11 is 0. The molecule has 0 spiro atoms. The zero-order valence-corrected chi connectivity index (χ0v) is 13.5. The quantitative estimate of drug-likeness (QED) is 0.877. The van der Waals surface area contributed by atoms with Gasteiger partial charge in [-0.15, -0.1) is 0 Å². The number of amides is 1. The van der Waals surface area contributed by atoms with Crippen LogP contribution in [0, 0.1) is 5.92 Å². The summed E-state index contributed by atoms with van der Waals surface area (Å²) in [4.78, 5) is 14.0. The molecule has 1 aliphatic rings. The van der Waals surface area contributed by atoms with Crippen molar-refractivity contribution in [3.05, 3.63) is 24.2 Å². The van der Waals surface area contributed by atoms with Gasteiger partial charge in [-0.2, -0.15) is 0 Å². The Morgan fingerprint density at radius 2 is 2.10 bits per heavy atom. The molecular weight excluding hydrogens is 264 g/mol. The van der Waals surface area contributed by atoms with Crippen molar-refractivity contribution in [1.82, 2.24) is 10.2 Å². The highest BCUT2D eigenvalue weighted by atomic mass is 16.3. The summed E-state index contributed by atoms with van der Waals surface area (Å²) in [6, 6.07) is 4.98. The minimum atomic E-state index is 0.113. The largest absolute Gasteiger partial charge is 0.469 e. The number of carbonyl (C=O) groups excluding carboxylic acids is 1. The summed E-state index contributed by atoms with van der Waals surface area (Å²) in [5.41, 5.74) is 0. The van der Waals surface area contributed by atoms with Crippen LogP contribution < -0.4 is 5.32 Å². The molecule has 4 heteroatoms.